The molecule has 1 rings (SSSR count). The first-order valence-electron chi connectivity index (χ1n) is 8.53. The number of benzene rings is 1. The molecule has 4 nitrogen and oxygen atoms in total. The lowest BCUT2D eigenvalue weighted by Crippen LogP contribution is -2.42. The average Bonchev–Trinajstić information content (AvgIpc) is 2.54. The molecule has 1 aromatic rings. The highest BCUT2D eigenvalue weighted by molar-refractivity contribution is 5.80. The molecule has 0 saturated heterocycles. The van der Waals surface area contributed by atoms with Crippen molar-refractivity contribution in [1.29, 1.82) is 0 Å². The number of hydrogen-bond donors (Lipinski definition) is 3. The zero-order valence-corrected chi connectivity index (χ0v) is 14.5. The summed E-state index contributed by atoms with van der Waals surface area (Å²) in [4.78, 5) is 4.55. The summed E-state index contributed by atoms with van der Waals surface area (Å²) in [6.45, 7) is 7.33. The van der Waals surface area contributed by atoms with E-state index in [1.165, 1.54) is 25.3 Å². The van der Waals surface area contributed by atoms with Crippen LogP contribution < -0.4 is 10.6 Å². The number of nitrogens with zero attached hydrogens (tertiary/aromatic N) is 1. The number of hydrogen-bond acceptors (Lipinski definition) is 2. The van der Waals surface area contributed by atoms with E-state index >= 15 is 0 Å². The van der Waals surface area contributed by atoms with Gasteiger partial charge in [0.05, 0.1) is 13.2 Å². The Labute approximate surface area is 139 Å². The maximum Gasteiger partial charge on any atom is 0.191 e. The molecule has 0 radical (unpaired) electrons. The average molecular weight is 323 g/mol. The van der Waals surface area contributed by atoms with Gasteiger partial charge in [0.25, 0.3) is 0 Å². The Morgan fingerprint density at radius 2 is 2.09 bits per heavy atom. The van der Waals surface area contributed by atoms with Crippen molar-refractivity contribution < 1.29 is 9.50 Å². The van der Waals surface area contributed by atoms with Crippen LogP contribution in [0, 0.1) is 5.82 Å². The molecule has 0 aromatic heterocycles. The van der Waals surface area contributed by atoms with Gasteiger partial charge >= 0.3 is 0 Å². The highest BCUT2D eigenvalue weighted by Crippen LogP contribution is 2.11. The molecule has 5 heteroatoms. The van der Waals surface area contributed by atoms with E-state index in [2.05, 4.69) is 29.5 Å². The van der Waals surface area contributed by atoms with Gasteiger partial charge in [0.1, 0.15) is 5.82 Å². The maximum atomic E-state index is 13.4. The number of halogens is 1. The van der Waals surface area contributed by atoms with Crippen LogP contribution in [0.5, 0.6) is 0 Å². The highest BCUT2D eigenvalue weighted by atomic mass is 19.1. The zero-order chi connectivity index (χ0) is 17.1. The Bertz CT molecular complexity index is 491. The van der Waals surface area contributed by atoms with Crippen molar-refractivity contribution in [2.45, 2.75) is 65.6 Å². The van der Waals surface area contributed by atoms with Crippen LogP contribution in [-0.4, -0.2) is 23.7 Å². The molecule has 0 saturated carbocycles. The van der Waals surface area contributed by atoms with Crippen LogP contribution in [0.15, 0.2) is 23.2 Å². The van der Waals surface area contributed by atoms with Crippen LogP contribution in [0.2, 0.25) is 0 Å². The fourth-order valence-electron chi connectivity index (χ4n) is 2.34. The van der Waals surface area contributed by atoms with Gasteiger partial charge < -0.3 is 15.7 Å². The molecule has 0 bridgehead atoms. The molecule has 0 spiro atoms. The summed E-state index contributed by atoms with van der Waals surface area (Å²) in [7, 11) is 0. The summed E-state index contributed by atoms with van der Waals surface area (Å²) in [6.07, 6.45) is 4.79. The predicted molar refractivity (Wildman–Crippen MR) is 93.9 cm³/mol. The normalized spacial score (nSPS) is 13.0. The Morgan fingerprint density at radius 3 is 2.74 bits per heavy atom. The van der Waals surface area contributed by atoms with Crippen LogP contribution in [0.3, 0.4) is 0 Å². The van der Waals surface area contributed by atoms with Gasteiger partial charge in [0.2, 0.25) is 0 Å². The number of guanidine groups is 1. The molecule has 1 aromatic carbocycles. The summed E-state index contributed by atoms with van der Waals surface area (Å²) in [5.41, 5.74) is 1.19. The summed E-state index contributed by atoms with van der Waals surface area (Å²) in [5.74, 6) is 0.390. The van der Waals surface area contributed by atoms with Gasteiger partial charge in [0, 0.05) is 18.2 Å². The molecule has 0 aliphatic carbocycles. The summed E-state index contributed by atoms with van der Waals surface area (Å²) in [5, 5.41) is 15.8. The fourth-order valence-corrected chi connectivity index (χ4v) is 2.34. The fraction of sp³-hybridized carbons (Fsp3) is 0.611. The summed E-state index contributed by atoms with van der Waals surface area (Å²) >= 11 is 0. The second-order valence-corrected chi connectivity index (χ2v) is 5.82. The zero-order valence-electron chi connectivity index (χ0n) is 14.5. The van der Waals surface area contributed by atoms with Crippen molar-refractivity contribution in [1.82, 2.24) is 10.6 Å². The van der Waals surface area contributed by atoms with Gasteiger partial charge in [-0.25, -0.2) is 9.38 Å². The van der Waals surface area contributed by atoms with Crippen molar-refractivity contribution in [2.24, 2.45) is 4.99 Å². The number of unbranched alkanes of at least 4 members (excludes halogenated alkanes) is 2. The van der Waals surface area contributed by atoms with E-state index in [0.29, 0.717) is 18.2 Å². The lowest BCUT2D eigenvalue weighted by molar-refractivity contribution is 0.275. The van der Waals surface area contributed by atoms with E-state index in [9.17, 15) is 4.39 Å². The molecule has 0 heterocycles. The van der Waals surface area contributed by atoms with Crippen molar-refractivity contribution in [3.63, 3.8) is 0 Å². The number of aliphatic hydroxyl groups excluding tert-OH is 1. The molecule has 1 unspecified atom stereocenters. The second-order valence-electron chi connectivity index (χ2n) is 5.82. The van der Waals surface area contributed by atoms with Gasteiger partial charge in [-0.2, -0.15) is 0 Å². The van der Waals surface area contributed by atoms with Gasteiger partial charge in [0.15, 0.2) is 5.96 Å². The molecule has 130 valence electrons. The van der Waals surface area contributed by atoms with Crippen molar-refractivity contribution in [3.05, 3.63) is 35.1 Å². The molecular weight excluding hydrogens is 293 g/mol. The molecule has 0 amide bonds. The Morgan fingerprint density at radius 1 is 1.30 bits per heavy atom. The lowest BCUT2D eigenvalue weighted by atomic mass is 10.1. The molecule has 0 fully saturated rings. The third kappa shape index (κ3) is 7.46. The third-order valence-electron chi connectivity index (χ3n) is 3.67. The van der Waals surface area contributed by atoms with Crippen LogP contribution in [0.25, 0.3) is 0 Å². The predicted octanol–water partition coefficient (Wildman–Crippen LogP) is 3.34. The van der Waals surface area contributed by atoms with E-state index in [-0.39, 0.29) is 12.4 Å². The van der Waals surface area contributed by atoms with Crippen LogP contribution in [0.4, 0.5) is 4.39 Å². The standard InChI is InChI=1S/C18H30FN3O/c1-4-6-7-8-14(3)22-18(20-5-2)21-12-15-9-10-17(19)16(11-15)13-23/h9-11,14,23H,4-8,12-13H2,1-3H3,(H2,20,21,22). The first-order chi connectivity index (χ1) is 11.1. The van der Waals surface area contributed by atoms with Crippen molar-refractivity contribution >= 4 is 5.96 Å². The maximum absolute atomic E-state index is 13.4. The molecule has 23 heavy (non-hydrogen) atoms. The Hall–Kier alpha value is -1.62. The monoisotopic (exact) mass is 323 g/mol. The van der Waals surface area contributed by atoms with E-state index in [1.54, 1.807) is 12.1 Å². The summed E-state index contributed by atoms with van der Waals surface area (Å²) < 4.78 is 13.4. The van der Waals surface area contributed by atoms with Gasteiger partial charge in [-0.1, -0.05) is 32.3 Å². The molecule has 1 atom stereocenters. The SMILES string of the molecule is CCCCCC(C)NC(=NCc1ccc(F)c(CO)c1)NCC. The minimum Gasteiger partial charge on any atom is -0.392 e. The van der Waals surface area contributed by atoms with Crippen molar-refractivity contribution in [2.75, 3.05) is 6.54 Å². The largest absolute Gasteiger partial charge is 0.392 e. The van der Waals surface area contributed by atoms with Gasteiger partial charge in [-0.05, 0) is 38.0 Å². The number of aliphatic hydroxyl groups is 1. The smallest absolute Gasteiger partial charge is 0.191 e. The Balaban J connectivity index is 2.63. The lowest BCUT2D eigenvalue weighted by Gasteiger charge is -2.17. The van der Waals surface area contributed by atoms with Crippen LogP contribution in [0.1, 0.15) is 57.6 Å². The second kappa shape index (κ2) is 11.0. The number of nitrogens with one attached hydrogen (secondary N) is 2. The van der Waals surface area contributed by atoms with E-state index in [1.807, 2.05) is 6.92 Å². The minimum atomic E-state index is -0.380. The molecule has 0 aliphatic rings. The van der Waals surface area contributed by atoms with Gasteiger partial charge in [-0.3, -0.25) is 0 Å². The quantitative estimate of drug-likeness (QED) is 0.371. The molecular formula is C18H30FN3O. The number of rotatable bonds is 9. The van der Waals surface area contributed by atoms with Crippen molar-refractivity contribution in [3.8, 4) is 0 Å². The van der Waals surface area contributed by atoms with E-state index < -0.39 is 0 Å². The van der Waals surface area contributed by atoms with E-state index in [4.69, 9.17) is 5.11 Å². The molecule has 0 aliphatic heterocycles. The summed E-state index contributed by atoms with van der Waals surface area (Å²) in [6, 6.07) is 5.10. The van der Waals surface area contributed by atoms with Crippen LogP contribution >= 0.6 is 0 Å². The Kier molecular flexibility index (Phi) is 9.29. The van der Waals surface area contributed by atoms with Crippen LogP contribution in [-0.2, 0) is 13.2 Å². The highest BCUT2D eigenvalue weighted by Gasteiger charge is 2.06. The first-order valence-corrected chi connectivity index (χ1v) is 8.53. The third-order valence-corrected chi connectivity index (χ3v) is 3.67. The topological polar surface area (TPSA) is 56.7 Å². The minimum absolute atomic E-state index is 0.295. The van der Waals surface area contributed by atoms with Gasteiger partial charge in [-0.15, -0.1) is 0 Å². The van der Waals surface area contributed by atoms with E-state index in [0.717, 1.165) is 24.5 Å². The first kappa shape index (κ1) is 19.4. The number of aliphatic imine (C=N–C) groups is 1. The molecule has 3 N–H and O–H groups in total.